The summed E-state index contributed by atoms with van der Waals surface area (Å²) in [5, 5.41) is 4.47. The van der Waals surface area contributed by atoms with E-state index in [0.717, 1.165) is 29.9 Å². The van der Waals surface area contributed by atoms with Gasteiger partial charge in [-0.3, -0.25) is 9.48 Å². The van der Waals surface area contributed by atoms with Crippen LogP contribution in [-0.2, 0) is 23.0 Å². The highest BCUT2D eigenvalue weighted by Gasteiger charge is 2.36. The van der Waals surface area contributed by atoms with Gasteiger partial charge in [0.2, 0.25) is 5.91 Å². The van der Waals surface area contributed by atoms with Crippen molar-refractivity contribution in [2.45, 2.75) is 38.8 Å². The molecule has 6 nitrogen and oxygen atoms in total. The number of hydrogen-bond acceptors (Lipinski definition) is 4. The molecule has 0 bridgehead atoms. The number of aryl methyl sites for hydroxylation is 2. The third-order valence-corrected chi connectivity index (χ3v) is 5.61. The second kappa shape index (κ2) is 8.88. The standard InChI is InChI=1S/C22H32N4O2/c1-16-19(17(2)25(5)23-16)11-12-21(27)26-13-14-28-20(15-24(3)4)22(26)18-9-7-6-8-10-18/h6-10,20,22H,11-15H2,1-5H3/t20-,22-/m0/s1. The maximum absolute atomic E-state index is 13.2. The van der Waals surface area contributed by atoms with E-state index in [2.05, 4.69) is 29.1 Å². The van der Waals surface area contributed by atoms with Gasteiger partial charge in [0.25, 0.3) is 0 Å². The predicted molar refractivity (Wildman–Crippen MR) is 110 cm³/mol. The van der Waals surface area contributed by atoms with Gasteiger partial charge >= 0.3 is 0 Å². The molecular weight excluding hydrogens is 352 g/mol. The number of carbonyl (C=O) groups is 1. The Labute approximate surface area is 168 Å². The van der Waals surface area contributed by atoms with Gasteiger partial charge in [0.05, 0.1) is 24.4 Å². The van der Waals surface area contributed by atoms with Crippen molar-refractivity contribution in [3.8, 4) is 0 Å². The van der Waals surface area contributed by atoms with Gasteiger partial charge in [-0.25, -0.2) is 0 Å². The summed E-state index contributed by atoms with van der Waals surface area (Å²) < 4.78 is 7.98. The van der Waals surface area contributed by atoms with E-state index in [1.165, 1.54) is 5.56 Å². The lowest BCUT2D eigenvalue weighted by atomic mass is 9.96. The number of hydrogen-bond donors (Lipinski definition) is 0. The smallest absolute Gasteiger partial charge is 0.223 e. The zero-order chi connectivity index (χ0) is 20.3. The van der Waals surface area contributed by atoms with Crippen LogP contribution in [0.3, 0.4) is 0 Å². The van der Waals surface area contributed by atoms with Crippen molar-refractivity contribution < 1.29 is 9.53 Å². The molecule has 1 aromatic heterocycles. The lowest BCUT2D eigenvalue weighted by Crippen LogP contribution is -2.51. The van der Waals surface area contributed by atoms with Gasteiger partial charge in [0.15, 0.2) is 0 Å². The lowest BCUT2D eigenvalue weighted by molar-refractivity contribution is -0.148. The van der Waals surface area contributed by atoms with Gasteiger partial charge in [-0.1, -0.05) is 30.3 Å². The summed E-state index contributed by atoms with van der Waals surface area (Å²) in [4.78, 5) is 17.4. The number of ether oxygens (including phenoxy) is 1. The van der Waals surface area contributed by atoms with Gasteiger partial charge in [0.1, 0.15) is 0 Å². The van der Waals surface area contributed by atoms with Crippen LogP contribution in [0.25, 0.3) is 0 Å². The first-order valence-electron chi connectivity index (χ1n) is 9.98. The van der Waals surface area contributed by atoms with Crippen molar-refractivity contribution in [1.29, 1.82) is 0 Å². The Hall–Kier alpha value is -2.18. The summed E-state index contributed by atoms with van der Waals surface area (Å²) >= 11 is 0. The van der Waals surface area contributed by atoms with Crippen LogP contribution < -0.4 is 0 Å². The van der Waals surface area contributed by atoms with Crippen molar-refractivity contribution >= 4 is 5.91 Å². The summed E-state index contributed by atoms with van der Waals surface area (Å²) in [7, 11) is 6.03. The number of morpholine rings is 1. The molecular formula is C22H32N4O2. The fourth-order valence-electron chi connectivity index (χ4n) is 4.13. The molecule has 0 radical (unpaired) electrons. The minimum Gasteiger partial charge on any atom is -0.373 e. The van der Waals surface area contributed by atoms with Gasteiger partial charge in [-0.05, 0) is 45.5 Å². The molecule has 0 N–H and O–H groups in total. The van der Waals surface area contributed by atoms with Crippen molar-refractivity contribution in [2.75, 3.05) is 33.8 Å². The van der Waals surface area contributed by atoms with E-state index in [-0.39, 0.29) is 18.1 Å². The highest BCUT2D eigenvalue weighted by molar-refractivity contribution is 5.77. The molecule has 3 rings (SSSR count). The Kier molecular flexibility index (Phi) is 6.52. The monoisotopic (exact) mass is 384 g/mol. The van der Waals surface area contributed by atoms with Crippen molar-refractivity contribution in [3.05, 3.63) is 52.8 Å². The minimum atomic E-state index is -0.0547. The first kappa shape index (κ1) is 20.6. The van der Waals surface area contributed by atoms with Crippen LogP contribution in [0, 0.1) is 13.8 Å². The van der Waals surface area contributed by atoms with Gasteiger partial charge < -0.3 is 14.5 Å². The molecule has 1 aromatic carbocycles. The number of aromatic nitrogens is 2. The first-order valence-corrected chi connectivity index (χ1v) is 9.98. The molecule has 1 aliphatic rings. The molecule has 2 aromatic rings. The summed E-state index contributed by atoms with van der Waals surface area (Å²) in [6.45, 7) is 6.08. The summed E-state index contributed by atoms with van der Waals surface area (Å²) in [5.41, 5.74) is 4.47. The van der Waals surface area contributed by atoms with E-state index < -0.39 is 0 Å². The highest BCUT2D eigenvalue weighted by atomic mass is 16.5. The summed E-state index contributed by atoms with van der Waals surface area (Å²) in [6, 6.07) is 10.2. The maximum Gasteiger partial charge on any atom is 0.223 e. The number of carbonyl (C=O) groups excluding carboxylic acids is 1. The fraction of sp³-hybridized carbons (Fsp3) is 0.545. The molecule has 0 saturated carbocycles. The Balaban J connectivity index is 1.79. The van der Waals surface area contributed by atoms with E-state index in [0.29, 0.717) is 19.6 Å². The molecule has 2 heterocycles. The van der Waals surface area contributed by atoms with Crippen molar-refractivity contribution in [1.82, 2.24) is 19.6 Å². The zero-order valence-electron chi connectivity index (χ0n) is 17.7. The molecule has 6 heteroatoms. The molecule has 1 fully saturated rings. The van der Waals surface area contributed by atoms with Crippen molar-refractivity contribution in [2.24, 2.45) is 7.05 Å². The number of amides is 1. The van der Waals surface area contributed by atoms with E-state index in [1.54, 1.807) is 0 Å². The molecule has 0 aliphatic carbocycles. The zero-order valence-corrected chi connectivity index (χ0v) is 17.7. The second-order valence-corrected chi connectivity index (χ2v) is 7.89. The number of rotatable bonds is 6. The topological polar surface area (TPSA) is 50.6 Å². The Morgan fingerprint density at radius 1 is 1.25 bits per heavy atom. The normalized spacial score (nSPS) is 20.0. The maximum atomic E-state index is 13.2. The summed E-state index contributed by atoms with van der Waals surface area (Å²) in [5.74, 6) is 0.184. The summed E-state index contributed by atoms with van der Waals surface area (Å²) in [6.07, 6.45) is 1.18. The molecule has 28 heavy (non-hydrogen) atoms. The molecule has 1 aliphatic heterocycles. The van der Waals surface area contributed by atoms with Crippen LogP contribution in [0.1, 0.15) is 35.0 Å². The highest BCUT2D eigenvalue weighted by Crippen LogP contribution is 2.31. The van der Waals surface area contributed by atoms with E-state index in [9.17, 15) is 4.79 Å². The third kappa shape index (κ3) is 4.45. The fourth-order valence-corrected chi connectivity index (χ4v) is 4.13. The van der Waals surface area contributed by atoms with Crippen LogP contribution in [0.15, 0.2) is 30.3 Å². The van der Waals surface area contributed by atoms with Crippen molar-refractivity contribution in [3.63, 3.8) is 0 Å². The number of nitrogens with zero attached hydrogens (tertiary/aromatic N) is 4. The second-order valence-electron chi connectivity index (χ2n) is 7.89. The van der Waals surface area contributed by atoms with Crippen LogP contribution in [0.2, 0.25) is 0 Å². The lowest BCUT2D eigenvalue weighted by Gasteiger charge is -2.42. The first-order chi connectivity index (χ1) is 13.4. The van der Waals surface area contributed by atoms with Crippen LogP contribution >= 0.6 is 0 Å². The van der Waals surface area contributed by atoms with Gasteiger partial charge in [-0.2, -0.15) is 5.10 Å². The molecule has 1 amide bonds. The quantitative estimate of drug-likeness (QED) is 0.768. The van der Waals surface area contributed by atoms with E-state index in [4.69, 9.17) is 4.74 Å². The third-order valence-electron chi connectivity index (χ3n) is 5.61. The Bertz CT molecular complexity index is 800. The van der Waals surface area contributed by atoms with E-state index >= 15 is 0 Å². The molecule has 1 saturated heterocycles. The Morgan fingerprint density at radius 3 is 2.57 bits per heavy atom. The SMILES string of the molecule is Cc1nn(C)c(C)c1CCC(=O)N1CCO[C@@H](CN(C)C)[C@@H]1c1ccccc1. The van der Waals surface area contributed by atoms with Gasteiger partial charge in [0, 0.05) is 32.3 Å². The molecule has 2 atom stereocenters. The number of benzene rings is 1. The largest absolute Gasteiger partial charge is 0.373 e. The average molecular weight is 385 g/mol. The van der Waals surface area contributed by atoms with Crippen LogP contribution in [-0.4, -0.2) is 65.4 Å². The van der Waals surface area contributed by atoms with Crippen LogP contribution in [0.4, 0.5) is 0 Å². The average Bonchev–Trinajstić information content (AvgIpc) is 2.91. The Morgan fingerprint density at radius 2 is 1.96 bits per heavy atom. The molecule has 0 spiro atoms. The van der Waals surface area contributed by atoms with E-state index in [1.807, 2.05) is 55.8 Å². The molecule has 152 valence electrons. The predicted octanol–water partition coefficient (Wildman–Crippen LogP) is 2.50. The minimum absolute atomic E-state index is 0.0306. The molecule has 0 unspecified atom stereocenters. The van der Waals surface area contributed by atoms with Gasteiger partial charge in [-0.15, -0.1) is 0 Å². The van der Waals surface area contributed by atoms with Crippen LogP contribution in [0.5, 0.6) is 0 Å². The number of likely N-dealkylation sites (N-methyl/N-ethyl adjacent to an activating group) is 1.